The van der Waals surface area contributed by atoms with Gasteiger partial charge in [0.05, 0.1) is 37.2 Å². The third-order valence-corrected chi connectivity index (χ3v) is 10.3. The highest BCUT2D eigenvalue weighted by atomic mass is 19.4. The molecule has 4 atom stereocenters. The van der Waals surface area contributed by atoms with Crippen LogP contribution in [0, 0.1) is 22.5 Å². The fourth-order valence-electron chi connectivity index (χ4n) is 5.93. The minimum atomic E-state index is -5.26. The highest BCUT2D eigenvalue weighted by molar-refractivity contribution is 6.09. The van der Waals surface area contributed by atoms with Crippen molar-refractivity contribution in [2.24, 2.45) is 32.3 Å². The summed E-state index contributed by atoms with van der Waals surface area (Å²) in [5, 5.41) is 17.9. The van der Waals surface area contributed by atoms with Gasteiger partial charge in [-0.15, -0.1) is 0 Å². The first kappa shape index (κ1) is 58.5. The zero-order valence-electron chi connectivity index (χ0n) is 37.3. The van der Waals surface area contributed by atoms with Crippen molar-refractivity contribution in [1.29, 1.82) is 0 Å². The molecular weight excluding hydrogens is 958 g/mol. The third kappa shape index (κ3) is 16.6. The van der Waals surface area contributed by atoms with Crippen LogP contribution in [0.25, 0.3) is 11.3 Å². The van der Waals surface area contributed by atoms with Crippen molar-refractivity contribution < 1.29 is 86.4 Å². The van der Waals surface area contributed by atoms with Crippen LogP contribution in [0.4, 0.5) is 62.3 Å². The van der Waals surface area contributed by atoms with E-state index in [0.29, 0.717) is 51.1 Å². The van der Waals surface area contributed by atoms with Gasteiger partial charge in [-0.05, 0) is 63.5 Å². The maximum absolute atomic E-state index is 15.8. The zero-order valence-corrected chi connectivity index (χ0v) is 37.3. The summed E-state index contributed by atoms with van der Waals surface area (Å²) in [7, 11) is 1.52. The molecule has 16 nitrogen and oxygen atoms in total. The fraction of sp³-hybridized carbons (Fsp3) is 0.463. The number of alkyl carbamates (subject to hydrolysis) is 2. The van der Waals surface area contributed by atoms with Crippen LogP contribution in [-0.2, 0) is 32.0 Å². The maximum Gasteiger partial charge on any atom is 0.407 e. The van der Waals surface area contributed by atoms with E-state index in [0.717, 1.165) is 32.7 Å². The van der Waals surface area contributed by atoms with Crippen molar-refractivity contribution in [3.63, 3.8) is 0 Å². The number of nitrogens with zero attached hydrogens (tertiary/aromatic N) is 3. The molecule has 0 bridgehead atoms. The van der Waals surface area contributed by atoms with E-state index in [1.807, 2.05) is 5.43 Å². The van der Waals surface area contributed by atoms with Crippen LogP contribution < -0.4 is 32.8 Å². The number of hydrazine groups is 1. The van der Waals surface area contributed by atoms with Crippen LogP contribution >= 0.6 is 0 Å². The summed E-state index contributed by atoms with van der Waals surface area (Å²) in [5.41, 5.74) is 5.32. The van der Waals surface area contributed by atoms with Crippen LogP contribution in [0.3, 0.4) is 0 Å². The Hall–Kier alpha value is -6.58. The van der Waals surface area contributed by atoms with Gasteiger partial charge in [0.15, 0.2) is 0 Å². The van der Waals surface area contributed by atoms with E-state index in [2.05, 4.69) is 24.8 Å². The number of halogens is 12. The summed E-state index contributed by atoms with van der Waals surface area (Å²) in [4.78, 5) is 57.8. The summed E-state index contributed by atoms with van der Waals surface area (Å²) < 4.78 is 177. The van der Waals surface area contributed by atoms with Crippen molar-refractivity contribution in [2.45, 2.75) is 90.3 Å². The summed E-state index contributed by atoms with van der Waals surface area (Å²) in [5.74, 6) is -6.34. The van der Waals surface area contributed by atoms with E-state index in [-0.39, 0.29) is 16.7 Å². The lowest BCUT2D eigenvalue weighted by Crippen LogP contribution is -2.63. The SMILES string of the molecule is COC(=O)NC(C(=O)N[C@@H](Cc1ccc(C(C=NC(F)F)=CN)cc1)[C@@H](O)CN(Cc1c(F)cc(C(N)=CC=NC(F)F)cc1F)NC(=O)[C@@H](NC(=O)OC)C(C)(C)C(F)(F)F)C(C)(C)C(F)(F)F. The molecule has 0 aliphatic carbocycles. The van der Waals surface area contributed by atoms with E-state index in [9.17, 15) is 68.2 Å². The molecule has 2 aromatic rings. The second-order valence-corrected chi connectivity index (χ2v) is 15.8. The van der Waals surface area contributed by atoms with Crippen molar-refractivity contribution in [2.75, 3.05) is 20.8 Å². The molecule has 1 unspecified atom stereocenters. The average Bonchev–Trinajstić information content (AvgIpc) is 3.24. The van der Waals surface area contributed by atoms with Crippen molar-refractivity contribution in [1.82, 2.24) is 26.4 Å². The standard InChI is InChI=1S/C41H49F12N9O7/c1-38(2,40(48,49)50)30(59-36(66)68-5)32(64)58-28(13-20-7-9-21(10-8-20)23(16-54)17-57-35(46)47)29(63)19-62(61-33(65)31(60-37(67)69-6)39(3,4)41(51,52)53)18-24-25(42)14-22(15-26(24)43)27(55)11-12-56-34(44)45/h7-12,14-17,28-31,34-35,63H,13,18-19,54-55H2,1-6H3,(H,58,64)(H,59,66)(H,60,67)(H,61,65)/t28-,29-,30?,31+/m0/s1. The molecule has 0 fully saturated rings. The lowest BCUT2D eigenvalue weighted by molar-refractivity contribution is -0.221. The molecule has 2 aromatic carbocycles. The molecule has 2 rings (SSSR count). The minimum Gasteiger partial charge on any atom is -0.453 e. The summed E-state index contributed by atoms with van der Waals surface area (Å²) in [6.45, 7) is -6.65. The lowest BCUT2D eigenvalue weighted by atomic mass is 9.82. The predicted molar refractivity (Wildman–Crippen MR) is 225 cm³/mol. The Morgan fingerprint density at radius 2 is 1.25 bits per heavy atom. The first-order valence-corrected chi connectivity index (χ1v) is 19.7. The maximum atomic E-state index is 15.8. The van der Waals surface area contributed by atoms with Gasteiger partial charge in [-0.25, -0.2) is 33.4 Å². The molecule has 0 aliphatic rings. The first-order valence-electron chi connectivity index (χ1n) is 19.7. The number of carbonyl (C=O) groups is 4. The number of nitrogens with two attached hydrogens (primary N) is 2. The van der Waals surface area contributed by atoms with E-state index >= 15 is 8.78 Å². The van der Waals surface area contributed by atoms with E-state index in [1.54, 1.807) is 10.6 Å². The third-order valence-electron chi connectivity index (χ3n) is 10.3. The molecule has 0 saturated carbocycles. The topological polar surface area (TPSA) is 235 Å². The number of benzene rings is 2. The Morgan fingerprint density at radius 1 is 0.768 bits per heavy atom. The van der Waals surface area contributed by atoms with Gasteiger partial charge in [0.2, 0.25) is 5.91 Å². The van der Waals surface area contributed by atoms with Crippen LogP contribution in [0.1, 0.15) is 49.9 Å². The molecule has 0 spiro atoms. The van der Waals surface area contributed by atoms with Crippen LogP contribution in [0.2, 0.25) is 0 Å². The van der Waals surface area contributed by atoms with Crippen molar-refractivity contribution in [3.05, 3.63) is 82.6 Å². The molecule has 0 saturated heterocycles. The van der Waals surface area contributed by atoms with Gasteiger partial charge in [0, 0.05) is 54.1 Å². The molecule has 9 N–H and O–H groups in total. The average molecular weight is 1010 g/mol. The largest absolute Gasteiger partial charge is 0.453 e. The van der Waals surface area contributed by atoms with Gasteiger partial charge in [0.25, 0.3) is 5.91 Å². The number of amides is 4. The van der Waals surface area contributed by atoms with E-state index in [1.165, 1.54) is 24.3 Å². The summed E-state index contributed by atoms with van der Waals surface area (Å²) in [6, 6.07) is -0.706. The van der Waals surface area contributed by atoms with Gasteiger partial charge in [0.1, 0.15) is 23.7 Å². The molecule has 0 aromatic heterocycles. The number of carbonyl (C=O) groups excluding carboxylic acids is 4. The number of alkyl halides is 10. The zero-order chi connectivity index (χ0) is 52.8. The molecule has 0 heterocycles. The second kappa shape index (κ2) is 24.6. The summed E-state index contributed by atoms with van der Waals surface area (Å²) >= 11 is 0. The van der Waals surface area contributed by atoms with Crippen LogP contribution in [0.15, 0.2) is 58.7 Å². The number of ether oxygens (including phenoxy) is 2. The van der Waals surface area contributed by atoms with Crippen molar-refractivity contribution in [3.8, 4) is 0 Å². The molecule has 384 valence electrons. The normalized spacial score (nSPS) is 15.0. The number of hydrogen-bond donors (Lipinski definition) is 7. The van der Waals surface area contributed by atoms with Crippen LogP contribution in [-0.4, -0.2) is 117 Å². The fourth-order valence-corrected chi connectivity index (χ4v) is 5.93. The Balaban J connectivity index is 2.87. The number of methoxy groups -OCH3 is 2. The Labute approximate surface area is 386 Å². The van der Waals surface area contributed by atoms with Gasteiger partial charge < -0.3 is 42.0 Å². The molecule has 4 amide bonds. The Morgan fingerprint density at radius 3 is 1.68 bits per heavy atom. The quantitative estimate of drug-likeness (QED) is 0.0349. The van der Waals surface area contributed by atoms with Gasteiger partial charge in [-0.1, -0.05) is 24.3 Å². The highest BCUT2D eigenvalue weighted by Crippen LogP contribution is 2.42. The smallest absolute Gasteiger partial charge is 0.407 e. The molecule has 0 radical (unpaired) electrons. The lowest BCUT2D eigenvalue weighted by Gasteiger charge is -2.38. The monoisotopic (exact) mass is 1010 g/mol. The van der Waals surface area contributed by atoms with E-state index in [4.69, 9.17) is 11.5 Å². The van der Waals surface area contributed by atoms with E-state index < -0.39 is 132 Å². The number of aliphatic imine (C=N–C) groups is 2. The first-order chi connectivity index (χ1) is 31.8. The minimum absolute atomic E-state index is 0.0234. The predicted octanol–water partition coefficient (Wildman–Crippen LogP) is 5.70. The number of allylic oxidation sites excluding steroid dienone is 2. The van der Waals surface area contributed by atoms with Gasteiger partial charge >= 0.3 is 37.6 Å². The molecule has 69 heavy (non-hydrogen) atoms. The second-order valence-electron chi connectivity index (χ2n) is 15.8. The Kier molecular flexibility index (Phi) is 20.9. The summed E-state index contributed by atoms with van der Waals surface area (Å²) in [6.07, 6.45) is -13.4. The van der Waals surface area contributed by atoms with Crippen molar-refractivity contribution >= 4 is 47.7 Å². The molecule has 28 heteroatoms. The number of rotatable bonds is 21. The molecule has 0 aliphatic heterocycles. The van der Waals surface area contributed by atoms with Gasteiger partial charge in [-0.2, -0.15) is 43.9 Å². The number of aliphatic hydroxyl groups excluding tert-OH is 1. The number of nitrogens with one attached hydrogen (secondary N) is 4. The highest BCUT2D eigenvalue weighted by Gasteiger charge is 2.57. The molecular formula is C41H49F12N9O7. The Bertz CT molecular complexity index is 2200. The number of hydrogen-bond acceptors (Lipinski definition) is 12. The van der Waals surface area contributed by atoms with Gasteiger partial charge in [-0.3, -0.25) is 15.0 Å². The van der Waals surface area contributed by atoms with Crippen LogP contribution in [0.5, 0.6) is 0 Å². The number of aliphatic hydroxyl groups is 1.